The lowest BCUT2D eigenvalue weighted by Gasteiger charge is -2.05. The third kappa shape index (κ3) is 3.95. The monoisotopic (exact) mass is 232 g/mol. The molecule has 0 spiro atoms. The molecule has 5 heteroatoms. The van der Waals surface area contributed by atoms with Gasteiger partial charge >= 0.3 is 6.09 Å². The standard InChI is InChI=1S/C12H12N2O3/c1-2-17-12(16)14-10-5-3-9(4-6-10)11(15)7-8-13/h3-6H,2,7H2,1H3,(H,14,16). The summed E-state index contributed by atoms with van der Waals surface area (Å²) in [6, 6.07) is 8.07. The van der Waals surface area contributed by atoms with E-state index >= 15 is 0 Å². The van der Waals surface area contributed by atoms with Gasteiger partial charge in [-0.05, 0) is 31.2 Å². The molecule has 0 radical (unpaired) electrons. The fraction of sp³-hybridized carbons (Fsp3) is 0.250. The summed E-state index contributed by atoms with van der Waals surface area (Å²) in [5.41, 5.74) is 0.984. The van der Waals surface area contributed by atoms with Gasteiger partial charge in [-0.1, -0.05) is 0 Å². The summed E-state index contributed by atoms with van der Waals surface area (Å²) in [4.78, 5) is 22.4. The molecule has 0 atom stereocenters. The van der Waals surface area contributed by atoms with Crippen molar-refractivity contribution in [1.29, 1.82) is 5.26 Å². The first-order valence-corrected chi connectivity index (χ1v) is 5.11. The maximum Gasteiger partial charge on any atom is 0.411 e. The summed E-state index contributed by atoms with van der Waals surface area (Å²) in [7, 11) is 0. The van der Waals surface area contributed by atoms with E-state index in [1.165, 1.54) is 0 Å². The number of amides is 1. The number of nitrogens with zero attached hydrogens (tertiary/aromatic N) is 1. The van der Waals surface area contributed by atoms with Gasteiger partial charge in [-0.3, -0.25) is 10.1 Å². The van der Waals surface area contributed by atoms with E-state index in [2.05, 4.69) is 5.32 Å². The number of anilines is 1. The lowest BCUT2D eigenvalue weighted by atomic mass is 10.1. The normalized spacial score (nSPS) is 9.18. The molecule has 0 bridgehead atoms. The van der Waals surface area contributed by atoms with Crippen LogP contribution in [0, 0.1) is 11.3 Å². The number of rotatable bonds is 4. The summed E-state index contributed by atoms with van der Waals surface area (Å²) in [5.74, 6) is -0.241. The first-order chi connectivity index (χ1) is 8.17. The summed E-state index contributed by atoms with van der Waals surface area (Å²) in [6.07, 6.45) is -0.686. The van der Waals surface area contributed by atoms with Gasteiger partial charge in [0.05, 0.1) is 19.1 Å². The van der Waals surface area contributed by atoms with E-state index < -0.39 is 6.09 Å². The van der Waals surface area contributed by atoms with Crippen molar-refractivity contribution < 1.29 is 14.3 Å². The number of nitriles is 1. The molecule has 0 aromatic heterocycles. The SMILES string of the molecule is CCOC(=O)Nc1ccc(C(=O)CC#N)cc1. The molecule has 0 aliphatic heterocycles. The molecule has 0 heterocycles. The second kappa shape index (κ2) is 6.28. The number of nitrogens with one attached hydrogen (secondary N) is 1. The van der Waals surface area contributed by atoms with Crippen molar-refractivity contribution in [3.05, 3.63) is 29.8 Å². The average Bonchev–Trinajstić information content (AvgIpc) is 2.30. The third-order valence-electron chi connectivity index (χ3n) is 1.97. The van der Waals surface area contributed by atoms with Crippen molar-refractivity contribution in [2.24, 2.45) is 0 Å². The maximum absolute atomic E-state index is 11.3. The number of benzene rings is 1. The van der Waals surface area contributed by atoms with E-state index in [4.69, 9.17) is 10.00 Å². The third-order valence-corrected chi connectivity index (χ3v) is 1.97. The van der Waals surface area contributed by atoms with E-state index in [1.807, 2.05) is 0 Å². The quantitative estimate of drug-likeness (QED) is 0.808. The average molecular weight is 232 g/mol. The smallest absolute Gasteiger partial charge is 0.411 e. The molecule has 88 valence electrons. The molecule has 1 aromatic rings. The zero-order valence-electron chi connectivity index (χ0n) is 9.40. The molecule has 1 amide bonds. The summed E-state index contributed by atoms with van der Waals surface area (Å²) < 4.78 is 4.70. The molecule has 1 N–H and O–H groups in total. The Kier molecular flexibility index (Phi) is 4.70. The van der Waals surface area contributed by atoms with Crippen LogP contribution < -0.4 is 5.32 Å². The maximum atomic E-state index is 11.3. The Labute approximate surface area is 99.0 Å². The van der Waals surface area contributed by atoms with E-state index in [9.17, 15) is 9.59 Å². The lowest BCUT2D eigenvalue weighted by Crippen LogP contribution is -2.13. The minimum atomic E-state index is -0.538. The van der Waals surface area contributed by atoms with Crippen LogP contribution in [0.15, 0.2) is 24.3 Å². The number of hydrogen-bond acceptors (Lipinski definition) is 4. The van der Waals surface area contributed by atoms with Gasteiger partial charge in [0.2, 0.25) is 0 Å². The van der Waals surface area contributed by atoms with Crippen LogP contribution in [0.1, 0.15) is 23.7 Å². The Bertz CT molecular complexity index is 446. The molecule has 1 rings (SSSR count). The van der Waals surface area contributed by atoms with Crippen LogP contribution in [0.2, 0.25) is 0 Å². The molecular weight excluding hydrogens is 220 g/mol. The lowest BCUT2D eigenvalue weighted by molar-refractivity contribution is 0.0997. The molecule has 17 heavy (non-hydrogen) atoms. The van der Waals surface area contributed by atoms with Crippen molar-refractivity contribution in [2.75, 3.05) is 11.9 Å². The molecule has 5 nitrogen and oxygen atoms in total. The molecule has 1 aromatic carbocycles. The zero-order chi connectivity index (χ0) is 12.7. The number of carbonyl (C=O) groups excluding carboxylic acids is 2. The second-order valence-corrected chi connectivity index (χ2v) is 3.18. The minimum Gasteiger partial charge on any atom is -0.450 e. The van der Waals surface area contributed by atoms with E-state index in [-0.39, 0.29) is 12.2 Å². The van der Waals surface area contributed by atoms with Crippen LogP contribution in [0.4, 0.5) is 10.5 Å². The fourth-order valence-corrected chi connectivity index (χ4v) is 1.20. The highest BCUT2D eigenvalue weighted by atomic mass is 16.5. The molecular formula is C12H12N2O3. The van der Waals surface area contributed by atoms with Crippen molar-refractivity contribution in [1.82, 2.24) is 0 Å². The van der Waals surface area contributed by atoms with Crippen LogP contribution in [0.25, 0.3) is 0 Å². The molecule has 0 aliphatic rings. The highest BCUT2D eigenvalue weighted by Crippen LogP contribution is 2.11. The minimum absolute atomic E-state index is 0.148. The predicted molar refractivity (Wildman–Crippen MR) is 61.6 cm³/mol. The summed E-state index contributed by atoms with van der Waals surface area (Å²) >= 11 is 0. The van der Waals surface area contributed by atoms with E-state index in [0.29, 0.717) is 17.9 Å². The van der Waals surface area contributed by atoms with Gasteiger partial charge in [-0.25, -0.2) is 4.79 Å². The number of carbonyl (C=O) groups is 2. The highest BCUT2D eigenvalue weighted by molar-refractivity contribution is 5.98. The van der Waals surface area contributed by atoms with Crippen molar-refractivity contribution in [3.63, 3.8) is 0 Å². The van der Waals surface area contributed by atoms with E-state index in [1.54, 1.807) is 37.3 Å². The zero-order valence-corrected chi connectivity index (χ0v) is 9.40. The van der Waals surface area contributed by atoms with Crippen LogP contribution >= 0.6 is 0 Å². The van der Waals surface area contributed by atoms with Crippen molar-refractivity contribution in [3.8, 4) is 6.07 Å². The van der Waals surface area contributed by atoms with Gasteiger partial charge in [-0.2, -0.15) is 5.26 Å². The van der Waals surface area contributed by atoms with Crippen LogP contribution in [0.5, 0.6) is 0 Å². The van der Waals surface area contributed by atoms with Gasteiger partial charge in [0, 0.05) is 11.3 Å². The molecule has 0 fully saturated rings. The van der Waals surface area contributed by atoms with Crippen molar-refractivity contribution >= 4 is 17.6 Å². The van der Waals surface area contributed by atoms with Gasteiger partial charge in [0.1, 0.15) is 0 Å². The Balaban J connectivity index is 2.65. The largest absolute Gasteiger partial charge is 0.450 e. The number of ether oxygens (including phenoxy) is 1. The van der Waals surface area contributed by atoms with Gasteiger partial charge in [-0.15, -0.1) is 0 Å². The molecule has 0 saturated heterocycles. The molecule has 0 unspecified atom stereocenters. The van der Waals surface area contributed by atoms with Crippen LogP contribution in [0.3, 0.4) is 0 Å². The Morgan fingerprint density at radius 3 is 2.53 bits per heavy atom. The molecule has 0 saturated carbocycles. The Morgan fingerprint density at radius 2 is 2.00 bits per heavy atom. The number of ketones is 1. The van der Waals surface area contributed by atoms with E-state index in [0.717, 1.165) is 0 Å². The van der Waals surface area contributed by atoms with Gasteiger partial charge in [0.15, 0.2) is 5.78 Å². The number of hydrogen-bond donors (Lipinski definition) is 1. The first kappa shape index (κ1) is 12.7. The topological polar surface area (TPSA) is 79.2 Å². The Hall–Kier alpha value is -2.35. The fourth-order valence-electron chi connectivity index (χ4n) is 1.20. The van der Waals surface area contributed by atoms with Crippen LogP contribution in [-0.2, 0) is 4.74 Å². The van der Waals surface area contributed by atoms with Gasteiger partial charge < -0.3 is 4.74 Å². The highest BCUT2D eigenvalue weighted by Gasteiger charge is 2.06. The Morgan fingerprint density at radius 1 is 1.35 bits per heavy atom. The van der Waals surface area contributed by atoms with Gasteiger partial charge in [0.25, 0.3) is 0 Å². The first-order valence-electron chi connectivity index (χ1n) is 5.11. The van der Waals surface area contributed by atoms with Crippen molar-refractivity contribution in [2.45, 2.75) is 13.3 Å². The number of Topliss-reactive ketones (excluding diaryl/α,β-unsaturated/α-hetero) is 1. The van der Waals surface area contributed by atoms with Crippen LogP contribution in [-0.4, -0.2) is 18.5 Å². The second-order valence-electron chi connectivity index (χ2n) is 3.18. The predicted octanol–water partition coefficient (Wildman–Crippen LogP) is 2.35. The summed E-state index contributed by atoms with van der Waals surface area (Å²) in [5, 5.41) is 10.9. The summed E-state index contributed by atoms with van der Waals surface area (Å²) in [6.45, 7) is 2.01. The molecule has 0 aliphatic carbocycles.